The number of hydrogen-bond donors (Lipinski definition) is 1. The number of hydrogen-bond acceptors (Lipinski definition) is 5. The van der Waals surface area contributed by atoms with Crippen LogP contribution in [0.3, 0.4) is 0 Å². The van der Waals surface area contributed by atoms with Gasteiger partial charge < -0.3 is 5.11 Å². The topological polar surface area (TPSA) is 67.3 Å². The molecule has 0 amide bonds. The van der Waals surface area contributed by atoms with Crippen LogP contribution in [0.5, 0.6) is 5.75 Å². The minimum absolute atomic E-state index is 0.0721. The highest BCUT2D eigenvalue weighted by atomic mass is 32.2. The highest BCUT2D eigenvalue weighted by Crippen LogP contribution is 2.41. The third-order valence-electron chi connectivity index (χ3n) is 3.65. The molecular formula is C17H23NO3S2. The maximum absolute atomic E-state index is 12.8. The summed E-state index contributed by atoms with van der Waals surface area (Å²) < 4.78 is 25.7. The zero-order valence-corrected chi connectivity index (χ0v) is 16.0. The number of nitrogens with zero attached hydrogens (tertiary/aromatic N) is 1. The Bertz CT molecular complexity index is 774. The molecule has 0 unspecified atom stereocenters. The number of benzene rings is 1. The van der Waals surface area contributed by atoms with E-state index < -0.39 is 9.84 Å². The smallest absolute Gasteiger partial charge is 0.233 e. The zero-order chi connectivity index (χ0) is 17.6. The van der Waals surface area contributed by atoms with E-state index in [9.17, 15) is 13.5 Å². The molecule has 0 fully saturated rings. The third-order valence-corrected chi connectivity index (χ3v) is 6.58. The Balaban J connectivity index is 2.81. The molecule has 0 saturated carbocycles. The van der Waals surface area contributed by atoms with Gasteiger partial charge in [0.1, 0.15) is 5.75 Å². The van der Waals surface area contributed by atoms with Crippen LogP contribution in [0, 0.1) is 0 Å². The molecule has 2 aromatic rings. The summed E-state index contributed by atoms with van der Waals surface area (Å²) in [5, 5.41) is 12.3. The van der Waals surface area contributed by atoms with E-state index in [2.05, 4.69) is 4.98 Å². The molecular weight excluding hydrogens is 330 g/mol. The first-order chi connectivity index (χ1) is 10.3. The van der Waals surface area contributed by atoms with Crippen molar-refractivity contribution in [1.82, 2.24) is 4.98 Å². The van der Waals surface area contributed by atoms with Gasteiger partial charge in [-0.15, -0.1) is 11.3 Å². The summed E-state index contributed by atoms with van der Waals surface area (Å²) in [5.74, 6) is 0.170. The summed E-state index contributed by atoms with van der Waals surface area (Å²) in [7, 11) is -3.68. The van der Waals surface area contributed by atoms with Gasteiger partial charge in [0, 0.05) is 22.7 Å². The lowest BCUT2D eigenvalue weighted by Crippen LogP contribution is -2.18. The molecule has 23 heavy (non-hydrogen) atoms. The molecule has 0 saturated heterocycles. The maximum Gasteiger partial charge on any atom is 0.233 e. The SMILES string of the molecule is CC(C)(C)c1cc(S(=O)(=O)c2nccs2)cc(C(C)(C)C)c1O. The minimum atomic E-state index is -3.68. The van der Waals surface area contributed by atoms with Crippen LogP contribution in [-0.4, -0.2) is 18.5 Å². The number of thiazole rings is 1. The van der Waals surface area contributed by atoms with Crippen molar-refractivity contribution in [1.29, 1.82) is 0 Å². The number of aromatic hydroxyl groups is 1. The summed E-state index contributed by atoms with van der Waals surface area (Å²) in [4.78, 5) is 4.12. The predicted molar refractivity (Wildman–Crippen MR) is 93.1 cm³/mol. The van der Waals surface area contributed by atoms with Gasteiger partial charge in [0.15, 0.2) is 0 Å². The average molecular weight is 354 g/mol. The van der Waals surface area contributed by atoms with Crippen LogP contribution in [0.4, 0.5) is 0 Å². The Labute approximate surface area is 142 Å². The van der Waals surface area contributed by atoms with E-state index in [0.717, 1.165) is 11.3 Å². The van der Waals surface area contributed by atoms with E-state index >= 15 is 0 Å². The van der Waals surface area contributed by atoms with Gasteiger partial charge >= 0.3 is 0 Å². The summed E-state index contributed by atoms with van der Waals surface area (Å²) in [5.41, 5.74) is 0.497. The first-order valence-electron chi connectivity index (χ1n) is 7.37. The molecule has 0 aliphatic heterocycles. The molecule has 1 aromatic carbocycles. The second-order valence-corrected chi connectivity index (χ2v) is 10.7. The van der Waals surface area contributed by atoms with Crippen LogP contribution in [0.25, 0.3) is 0 Å². The molecule has 0 aliphatic rings. The van der Waals surface area contributed by atoms with Crippen molar-refractivity contribution in [3.63, 3.8) is 0 Å². The fourth-order valence-electron chi connectivity index (χ4n) is 2.35. The Morgan fingerprint density at radius 1 is 1.00 bits per heavy atom. The normalized spacial score (nSPS) is 13.3. The summed E-state index contributed by atoms with van der Waals surface area (Å²) >= 11 is 1.09. The van der Waals surface area contributed by atoms with E-state index in [4.69, 9.17) is 0 Å². The van der Waals surface area contributed by atoms with E-state index in [1.54, 1.807) is 17.5 Å². The first-order valence-corrected chi connectivity index (χ1v) is 9.74. The molecule has 1 heterocycles. The molecule has 0 radical (unpaired) electrons. The summed E-state index contributed by atoms with van der Waals surface area (Å²) in [6.07, 6.45) is 1.48. The molecule has 0 bridgehead atoms. The number of phenols is 1. The van der Waals surface area contributed by atoms with Gasteiger partial charge in [-0.3, -0.25) is 0 Å². The van der Waals surface area contributed by atoms with Crippen LogP contribution in [0.1, 0.15) is 52.7 Å². The number of rotatable bonds is 2. The molecule has 126 valence electrons. The van der Waals surface area contributed by atoms with Crippen molar-refractivity contribution in [2.45, 2.75) is 61.6 Å². The van der Waals surface area contributed by atoms with Gasteiger partial charge in [-0.05, 0) is 23.0 Å². The van der Waals surface area contributed by atoms with Crippen molar-refractivity contribution >= 4 is 21.2 Å². The molecule has 1 aromatic heterocycles. The molecule has 0 spiro atoms. The van der Waals surface area contributed by atoms with Crippen molar-refractivity contribution in [2.24, 2.45) is 0 Å². The summed E-state index contributed by atoms with van der Waals surface area (Å²) in [6.45, 7) is 11.7. The van der Waals surface area contributed by atoms with Crippen LogP contribution in [0.15, 0.2) is 32.9 Å². The van der Waals surface area contributed by atoms with Gasteiger partial charge in [0.05, 0.1) is 4.90 Å². The van der Waals surface area contributed by atoms with E-state index in [1.165, 1.54) is 6.20 Å². The largest absolute Gasteiger partial charge is 0.507 e. The van der Waals surface area contributed by atoms with E-state index in [0.29, 0.717) is 11.1 Å². The lowest BCUT2D eigenvalue weighted by molar-refractivity contribution is 0.422. The number of phenolic OH excluding ortho intramolecular Hbond substituents is 1. The second kappa shape index (κ2) is 5.60. The Hall–Kier alpha value is -1.40. The Kier molecular flexibility index (Phi) is 4.37. The first kappa shape index (κ1) is 17.9. The Morgan fingerprint density at radius 2 is 1.48 bits per heavy atom. The van der Waals surface area contributed by atoms with Crippen molar-refractivity contribution < 1.29 is 13.5 Å². The zero-order valence-electron chi connectivity index (χ0n) is 14.3. The fourth-order valence-corrected chi connectivity index (χ4v) is 4.62. The molecule has 4 nitrogen and oxygen atoms in total. The molecule has 2 rings (SSSR count). The molecule has 0 atom stereocenters. The van der Waals surface area contributed by atoms with Crippen LogP contribution in [0.2, 0.25) is 0 Å². The van der Waals surface area contributed by atoms with Gasteiger partial charge in [-0.1, -0.05) is 41.5 Å². The fraction of sp³-hybridized carbons (Fsp3) is 0.471. The van der Waals surface area contributed by atoms with E-state index in [-0.39, 0.29) is 25.8 Å². The van der Waals surface area contributed by atoms with Gasteiger partial charge in [-0.2, -0.15) is 0 Å². The molecule has 0 aliphatic carbocycles. The highest BCUT2D eigenvalue weighted by Gasteiger charge is 2.30. The predicted octanol–water partition coefficient (Wildman–Crippen LogP) is 4.28. The van der Waals surface area contributed by atoms with Gasteiger partial charge in [0.2, 0.25) is 14.2 Å². The standard InChI is InChI=1S/C17H23NO3S2/c1-16(2,3)12-9-11(10-13(14(12)19)17(4,5)6)23(20,21)15-18-7-8-22-15/h7-10,19H,1-6H3. The Morgan fingerprint density at radius 3 is 1.83 bits per heavy atom. The van der Waals surface area contributed by atoms with Crippen molar-refractivity contribution in [2.75, 3.05) is 0 Å². The van der Waals surface area contributed by atoms with Crippen LogP contribution in [-0.2, 0) is 20.7 Å². The maximum atomic E-state index is 12.8. The lowest BCUT2D eigenvalue weighted by Gasteiger charge is -2.28. The lowest BCUT2D eigenvalue weighted by atomic mass is 9.79. The molecule has 1 N–H and O–H groups in total. The van der Waals surface area contributed by atoms with Gasteiger partial charge in [-0.25, -0.2) is 13.4 Å². The number of sulfone groups is 1. The quantitative estimate of drug-likeness (QED) is 0.875. The minimum Gasteiger partial charge on any atom is -0.507 e. The van der Waals surface area contributed by atoms with Crippen molar-refractivity contribution in [3.05, 3.63) is 34.8 Å². The monoisotopic (exact) mass is 353 g/mol. The van der Waals surface area contributed by atoms with Crippen molar-refractivity contribution in [3.8, 4) is 5.75 Å². The summed E-state index contributed by atoms with van der Waals surface area (Å²) in [6, 6.07) is 3.14. The third kappa shape index (κ3) is 3.43. The number of aromatic nitrogens is 1. The average Bonchev–Trinajstić information content (AvgIpc) is 2.90. The van der Waals surface area contributed by atoms with Crippen LogP contribution < -0.4 is 0 Å². The van der Waals surface area contributed by atoms with Gasteiger partial charge in [0.25, 0.3) is 0 Å². The highest BCUT2D eigenvalue weighted by molar-refractivity contribution is 7.93. The second-order valence-electron chi connectivity index (χ2n) is 7.67. The van der Waals surface area contributed by atoms with Crippen LogP contribution >= 0.6 is 11.3 Å². The molecule has 6 heteroatoms. The van der Waals surface area contributed by atoms with E-state index in [1.807, 2.05) is 41.5 Å².